The predicted octanol–water partition coefficient (Wildman–Crippen LogP) is 4.13. The third-order valence-electron chi connectivity index (χ3n) is 4.03. The van der Waals surface area contributed by atoms with Crippen molar-refractivity contribution in [3.05, 3.63) is 59.0 Å². The normalized spacial score (nSPS) is 16.9. The molecule has 1 saturated heterocycles. The van der Waals surface area contributed by atoms with Crippen LogP contribution in [-0.2, 0) is 4.79 Å². The number of carbonyl (C=O) groups excluding carboxylic acids is 1. The fraction of sp³-hybridized carbons (Fsp3) is 0.200. The van der Waals surface area contributed by atoms with E-state index in [4.69, 9.17) is 0 Å². The summed E-state index contributed by atoms with van der Waals surface area (Å²) in [7, 11) is 0. The van der Waals surface area contributed by atoms with Gasteiger partial charge in [0.1, 0.15) is 5.75 Å². The molecular formula is C20H21N3O2S. The molecule has 5 nitrogen and oxygen atoms in total. The maximum Gasteiger partial charge on any atom is 0.264 e. The lowest BCUT2D eigenvalue weighted by Crippen LogP contribution is -2.21. The van der Waals surface area contributed by atoms with Gasteiger partial charge in [0.2, 0.25) is 0 Å². The van der Waals surface area contributed by atoms with E-state index in [1.165, 1.54) is 17.4 Å². The van der Waals surface area contributed by atoms with Crippen LogP contribution in [0.4, 0.5) is 11.4 Å². The van der Waals surface area contributed by atoms with Crippen molar-refractivity contribution < 1.29 is 9.90 Å². The molecule has 26 heavy (non-hydrogen) atoms. The van der Waals surface area contributed by atoms with E-state index in [0.717, 1.165) is 18.7 Å². The molecule has 0 bridgehead atoms. The summed E-state index contributed by atoms with van der Waals surface area (Å²) in [5, 5.41) is 12.8. The first-order chi connectivity index (χ1) is 12.6. The number of thioether (sulfide) groups is 1. The number of rotatable bonds is 5. The molecule has 0 saturated carbocycles. The highest BCUT2D eigenvalue weighted by molar-refractivity contribution is 8.18. The number of nitrogens with zero attached hydrogens (tertiary/aromatic N) is 2. The number of phenolic OH excluding ortho intramolecular Hbond substituents is 1. The molecule has 0 spiro atoms. The zero-order valence-electron chi connectivity index (χ0n) is 14.8. The molecule has 2 aromatic rings. The Hall–Kier alpha value is -2.73. The molecule has 2 N–H and O–H groups in total. The fourth-order valence-electron chi connectivity index (χ4n) is 2.68. The van der Waals surface area contributed by atoms with Gasteiger partial charge in [-0.15, -0.1) is 0 Å². The Kier molecular flexibility index (Phi) is 5.63. The largest absolute Gasteiger partial charge is 0.508 e. The first-order valence-corrected chi connectivity index (χ1v) is 9.34. The van der Waals surface area contributed by atoms with Crippen molar-refractivity contribution in [2.45, 2.75) is 13.8 Å². The zero-order valence-corrected chi connectivity index (χ0v) is 15.6. The van der Waals surface area contributed by atoms with E-state index in [0.29, 0.717) is 15.8 Å². The molecule has 0 aromatic heterocycles. The lowest BCUT2D eigenvalue weighted by atomic mass is 10.2. The quantitative estimate of drug-likeness (QED) is 0.780. The summed E-state index contributed by atoms with van der Waals surface area (Å²) >= 11 is 1.29. The summed E-state index contributed by atoms with van der Waals surface area (Å²) in [6.07, 6.45) is 1.86. The van der Waals surface area contributed by atoms with E-state index in [2.05, 4.69) is 41.2 Å². The molecule has 134 valence electrons. The van der Waals surface area contributed by atoms with Crippen LogP contribution in [0.5, 0.6) is 5.75 Å². The lowest BCUT2D eigenvalue weighted by Gasteiger charge is -2.20. The Labute approximate surface area is 157 Å². The van der Waals surface area contributed by atoms with Crippen LogP contribution < -0.4 is 10.2 Å². The summed E-state index contributed by atoms with van der Waals surface area (Å²) in [4.78, 5) is 19.4. The molecular weight excluding hydrogens is 346 g/mol. The molecule has 3 rings (SSSR count). The van der Waals surface area contributed by atoms with Gasteiger partial charge in [0.15, 0.2) is 5.17 Å². The molecule has 0 aliphatic carbocycles. The van der Waals surface area contributed by atoms with Gasteiger partial charge in [-0.3, -0.25) is 4.79 Å². The summed E-state index contributed by atoms with van der Waals surface area (Å²) in [5.41, 5.74) is 2.74. The van der Waals surface area contributed by atoms with Gasteiger partial charge in [0.05, 0.1) is 10.6 Å². The molecule has 0 atom stereocenters. The fourth-order valence-corrected chi connectivity index (χ4v) is 3.52. The predicted molar refractivity (Wildman–Crippen MR) is 109 cm³/mol. The molecule has 0 unspecified atom stereocenters. The maximum absolute atomic E-state index is 12.2. The molecule has 2 aromatic carbocycles. The Morgan fingerprint density at radius 2 is 1.88 bits per heavy atom. The van der Waals surface area contributed by atoms with Crippen molar-refractivity contribution >= 4 is 40.3 Å². The minimum atomic E-state index is -0.165. The highest BCUT2D eigenvalue weighted by Crippen LogP contribution is 2.29. The van der Waals surface area contributed by atoms with Crippen molar-refractivity contribution in [1.82, 2.24) is 5.32 Å². The van der Waals surface area contributed by atoms with Crippen LogP contribution in [0.3, 0.4) is 0 Å². The Balaban J connectivity index is 1.76. The first kappa shape index (κ1) is 18.1. The second-order valence-corrected chi connectivity index (χ2v) is 6.80. The number of hydrogen-bond acceptors (Lipinski definition) is 5. The van der Waals surface area contributed by atoms with Crippen LogP contribution in [0.2, 0.25) is 0 Å². The number of amidine groups is 1. The Morgan fingerprint density at radius 3 is 2.54 bits per heavy atom. The van der Waals surface area contributed by atoms with E-state index < -0.39 is 0 Å². The number of nitrogens with one attached hydrogen (secondary N) is 1. The number of hydrogen-bond donors (Lipinski definition) is 2. The maximum atomic E-state index is 12.2. The molecule has 1 heterocycles. The number of carbonyl (C=O) groups is 1. The van der Waals surface area contributed by atoms with Crippen LogP contribution in [0.1, 0.15) is 19.4 Å². The van der Waals surface area contributed by atoms with Crippen molar-refractivity contribution in [3.8, 4) is 5.75 Å². The van der Waals surface area contributed by atoms with Gasteiger partial charge in [-0.05, 0) is 61.5 Å². The van der Waals surface area contributed by atoms with Crippen molar-refractivity contribution in [2.24, 2.45) is 4.99 Å². The molecule has 1 aliphatic heterocycles. The van der Waals surface area contributed by atoms with E-state index in [9.17, 15) is 9.90 Å². The number of aliphatic imine (C=N–C) groups is 1. The molecule has 1 fully saturated rings. The number of anilines is 1. The van der Waals surface area contributed by atoms with Gasteiger partial charge in [-0.1, -0.05) is 18.2 Å². The summed E-state index contributed by atoms with van der Waals surface area (Å²) in [5.74, 6) is -0.0213. The minimum Gasteiger partial charge on any atom is -0.508 e. The molecule has 1 amide bonds. The lowest BCUT2D eigenvalue weighted by molar-refractivity contribution is -0.115. The van der Waals surface area contributed by atoms with Gasteiger partial charge in [-0.25, -0.2) is 4.99 Å². The van der Waals surface area contributed by atoms with E-state index in [1.807, 2.05) is 18.2 Å². The third kappa shape index (κ3) is 4.26. The van der Waals surface area contributed by atoms with Crippen LogP contribution in [-0.4, -0.2) is 29.3 Å². The first-order valence-electron chi connectivity index (χ1n) is 8.52. The van der Waals surface area contributed by atoms with Crippen molar-refractivity contribution in [2.75, 3.05) is 18.0 Å². The van der Waals surface area contributed by atoms with Crippen LogP contribution in [0.25, 0.3) is 6.08 Å². The monoisotopic (exact) mass is 367 g/mol. The Bertz CT molecular complexity index is 856. The van der Waals surface area contributed by atoms with E-state index >= 15 is 0 Å². The highest BCUT2D eigenvalue weighted by Gasteiger charge is 2.23. The molecule has 1 aliphatic rings. The van der Waals surface area contributed by atoms with Gasteiger partial charge >= 0.3 is 0 Å². The second-order valence-electron chi connectivity index (χ2n) is 5.77. The average molecular weight is 367 g/mol. The molecule has 6 heteroatoms. The van der Waals surface area contributed by atoms with Crippen LogP contribution in [0, 0.1) is 0 Å². The SMILES string of the molecule is CCN(CC)c1ccc(/C=C2\SC(=Nc3cccc(O)c3)NC2=O)cc1. The standard InChI is InChI=1S/C20H21N3O2S/c1-3-23(4-2)16-10-8-14(9-11-16)12-18-19(25)22-20(26-18)21-15-6-5-7-17(24)13-15/h5-13,24H,3-4H2,1-2H3,(H,21,22,25)/b18-12-. The average Bonchev–Trinajstić information content (AvgIpc) is 2.96. The van der Waals surface area contributed by atoms with Crippen molar-refractivity contribution in [1.29, 1.82) is 0 Å². The number of benzene rings is 2. The summed E-state index contributed by atoms with van der Waals surface area (Å²) < 4.78 is 0. The Morgan fingerprint density at radius 1 is 1.15 bits per heavy atom. The number of amides is 1. The van der Waals surface area contributed by atoms with E-state index in [1.54, 1.807) is 24.3 Å². The zero-order chi connectivity index (χ0) is 18.5. The van der Waals surface area contributed by atoms with Crippen LogP contribution in [0.15, 0.2) is 58.4 Å². The van der Waals surface area contributed by atoms with Crippen LogP contribution >= 0.6 is 11.8 Å². The smallest absolute Gasteiger partial charge is 0.264 e. The third-order valence-corrected chi connectivity index (χ3v) is 4.94. The van der Waals surface area contributed by atoms with Gasteiger partial charge in [0, 0.05) is 24.8 Å². The van der Waals surface area contributed by atoms with Gasteiger partial charge in [-0.2, -0.15) is 0 Å². The number of phenols is 1. The molecule has 0 radical (unpaired) electrons. The van der Waals surface area contributed by atoms with Gasteiger partial charge < -0.3 is 15.3 Å². The van der Waals surface area contributed by atoms with Crippen molar-refractivity contribution in [3.63, 3.8) is 0 Å². The van der Waals surface area contributed by atoms with E-state index in [-0.39, 0.29) is 11.7 Å². The minimum absolute atomic E-state index is 0.144. The number of aromatic hydroxyl groups is 1. The topological polar surface area (TPSA) is 64.9 Å². The van der Waals surface area contributed by atoms with Gasteiger partial charge in [0.25, 0.3) is 5.91 Å². The summed E-state index contributed by atoms with van der Waals surface area (Å²) in [6, 6.07) is 14.8. The highest BCUT2D eigenvalue weighted by atomic mass is 32.2. The second kappa shape index (κ2) is 8.10. The summed E-state index contributed by atoms with van der Waals surface area (Å²) in [6.45, 7) is 6.19.